The summed E-state index contributed by atoms with van der Waals surface area (Å²) >= 11 is 0. The molecule has 5 heteroatoms. The molecule has 158 valence electrons. The summed E-state index contributed by atoms with van der Waals surface area (Å²) in [6.45, 7) is 6.82. The van der Waals surface area contributed by atoms with Crippen LogP contribution in [-0.2, 0) is 6.54 Å². The molecule has 0 spiro atoms. The number of piperazine rings is 1. The minimum Gasteiger partial charge on any atom is -0.495 e. The lowest BCUT2D eigenvalue weighted by Gasteiger charge is -2.35. The predicted octanol–water partition coefficient (Wildman–Crippen LogP) is 4.98. The molecule has 0 amide bonds. The van der Waals surface area contributed by atoms with E-state index in [1.54, 1.807) is 7.11 Å². The minimum atomic E-state index is 0.895. The number of anilines is 1. The molecule has 0 aliphatic carbocycles. The molecule has 1 aliphatic heterocycles. The fourth-order valence-corrected chi connectivity index (χ4v) is 4.58. The van der Waals surface area contributed by atoms with Crippen LogP contribution < -0.4 is 9.64 Å². The Morgan fingerprint density at radius 1 is 0.871 bits per heavy atom. The van der Waals surface area contributed by atoms with Crippen molar-refractivity contribution < 1.29 is 4.74 Å². The molecule has 4 aromatic rings. The van der Waals surface area contributed by atoms with Gasteiger partial charge in [0.15, 0.2) is 0 Å². The zero-order valence-electron chi connectivity index (χ0n) is 18.2. The van der Waals surface area contributed by atoms with Crippen molar-refractivity contribution in [1.82, 2.24) is 9.58 Å². The summed E-state index contributed by atoms with van der Waals surface area (Å²) in [5.41, 5.74) is 4.87. The van der Waals surface area contributed by atoms with E-state index in [4.69, 9.17) is 9.84 Å². The molecule has 1 saturated heterocycles. The Balaban J connectivity index is 1.33. The van der Waals surface area contributed by atoms with Crippen molar-refractivity contribution in [1.29, 1.82) is 0 Å². The smallest absolute Gasteiger partial charge is 0.142 e. The maximum atomic E-state index is 5.52. The summed E-state index contributed by atoms with van der Waals surface area (Å²) in [5, 5.41) is 9.54. The molecule has 2 heterocycles. The van der Waals surface area contributed by atoms with Gasteiger partial charge in [0.25, 0.3) is 0 Å². The zero-order valence-corrected chi connectivity index (χ0v) is 18.2. The molecule has 0 N–H and O–H groups in total. The van der Waals surface area contributed by atoms with Crippen molar-refractivity contribution in [3.63, 3.8) is 0 Å². The topological polar surface area (TPSA) is 33.0 Å². The zero-order chi connectivity index (χ0) is 21.2. The molecule has 1 fully saturated rings. The fourth-order valence-electron chi connectivity index (χ4n) is 4.58. The molecule has 1 aromatic heterocycles. The number of rotatable bonds is 5. The highest BCUT2D eigenvalue weighted by Crippen LogP contribution is 2.30. The van der Waals surface area contributed by atoms with E-state index in [1.165, 1.54) is 21.8 Å². The van der Waals surface area contributed by atoms with Gasteiger partial charge in [0, 0.05) is 41.4 Å². The highest BCUT2D eigenvalue weighted by Gasteiger charge is 2.18. The Morgan fingerprint density at radius 3 is 2.42 bits per heavy atom. The molecule has 0 atom stereocenters. The highest BCUT2D eigenvalue weighted by atomic mass is 16.5. The van der Waals surface area contributed by atoms with Crippen LogP contribution in [0.1, 0.15) is 12.5 Å². The van der Waals surface area contributed by atoms with Gasteiger partial charge in [0.1, 0.15) is 5.75 Å². The number of aromatic nitrogens is 1. The molecule has 0 radical (unpaired) electrons. The van der Waals surface area contributed by atoms with Gasteiger partial charge in [-0.25, -0.2) is 0 Å². The molecule has 3 aromatic carbocycles. The van der Waals surface area contributed by atoms with E-state index in [9.17, 15) is 0 Å². The summed E-state index contributed by atoms with van der Waals surface area (Å²) in [5.74, 6) is 0.930. The molecule has 0 bridgehead atoms. The van der Waals surface area contributed by atoms with Crippen molar-refractivity contribution in [2.75, 3.05) is 38.2 Å². The van der Waals surface area contributed by atoms with Crippen LogP contribution in [0.4, 0.5) is 5.69 Å². The first-order valence-electron chi connectivity index (χ1n) is 11.0. The second kappa shape index (κ2) is 8.34. The van der Waals surface area contributed by atoms with Gasteiger partial charge in [-0.3, -0.25) is 5.01 Å². The van der Waals surface area contributed by atoms with Gasteiger partial charge in [-0.1, -0.05) is 36.4 Å². The highest BCUT2D eigenvalue weighted by molar-refractivity contribution is 6.09. The first kappa shape index (κ1) is 19.5. The average molecular weight is 413 g/mol. The van der Waals surface area contributed by atoms with Crippen LogP contribution in [0.15, 0.2) is 71.8 Å². The average Bonchev–Trinajstić information content (AvgIpc) is 3.16. The van der Waals surface area contributed by atoms with E-state index < -0.39 is 0 Å². The number of ether oxygens (including phenoxy) is 1. The lowest BCUT2D eigenvalue weighted by Crippen LogP contribution is -2.44. The maximum absolute atomic E-state index is 5.52. The number of methoxy groups -OCH3 is 1. The number of hydrazone groups is 1. The third kappa shape index (κ3) is 3.61. The number of fused-ring (bicyclic) bond motifs is 3. The van der Waals surface area contributed by atoms with Gasteiger partial charge in [-0.15, -0.1) is 0 Å². The Morgan fingerprint density at radius 2 is 1.61 bits per heavy atom. The van der Waals surface area contributed by atoms with Gasteiger partial charge in [-0.2, -0.15) is 5.10 Å². The van der Waals surface area contributed by atoms with Gasteiger partial charge >= 0.3 is 0 Å². The Hall–Kier alpha value is -3.47. The molecular weight excluding hydrogens is 384 g/mol. The van der Waals surface area contributed by atoms with E-state index in [-0.39, 0.29) is 0 Å². The quantitative estimate of drug-likeness (QED) is 0.434. The second-order valence-corrected chi connectivity index (χ2v) is 7.90. The molecule has 1 aliphatic rings. The SMILES string of the molecule is CCn1c2ccccc2c2cc(C=NN3CCN(c4ccccc4OC)CC3)ccc21. The van der Waals surface area contributed by atoms with Crippen LogP contribution in [0, 0.1) is 0 Å². The Kier molecular flexibility index (Phi) is 5.24. The van der Waals surface area contributed by atoms with Crippen LogP contribution in [-0.4, -0.2) is 49.1 Å². The second-order valence-electron chi connectivity index (χ2n) is 7.90. The monoisotopic (exact) mass is 412 g/mol. The van der Waals surface area contributed by atoms with E-state index >= 15 is 0 Å². The third-order valence-electron chi connectivity index (χ3n) is 6.16. The minimum absolute atomic E-state index is 0.895. The molecule has 5 rings (SSSR count). The van der Waals surface area contributed by atoms with Crippen molar-refractivity contribution in [2.45, 2.75) is 13.5 Å². The first-order valence-corrected chi connectivity index (χ1v) is 11.0. The molecule has 31 heavy (non-hydrogen) atoms. The first-order chi connectivity index (χ1) is 15.3. The number of hydrogen-bond acceptors (Lipinski definition) is 4. The van der Waals surface area contributed by atoms with Gasteiger partial charge in [-0.05, 0) is 42.8 Å². The number of nitrogens with zero attached hydrogens (tertiary/aromatic N) is 4. The fraction of sp³-hybridized carbons (Fsp3) is 0.269. The van der Waals surface area contributed by atoms with Crippen LogP contribution in [0.3, 0.4) is 0 Å². The van der Waals surface area contributed by atoms with E-state index in [0.717, 1.165) is 49.7 Å². The molecule has 5 nitrogen and oxygen atoms in total. The van der Waals surface area contributed by atoms with Gasteiger partial charge < -0.3 is 14.2 Å². The normalized spacial score (nSPS) is 14.8. The number of para-hydroxylation sites is 3. The number of benzene rings is 3. The number of hydrogen-bond donors (Lipinski definition) is 0. The predicted molar refractivity (Wildman–Crippen MR) is 129 cm³/mol. The Bertz CT molecular complexity index is 1230. The standard InChI is InChI=1S/C26H28N4O/c1-3-30-23-9-5-4-8-21(23)22-18-20(12-13-24(22)30)19-27-29-16-14-28(15-17-29)25-10-6-7-11-26(25)31-2/h4-13,18-19H,3,14-17H2,1-2H3. The lowest BCUT2D eigenvalue weighted by molar-refractivity contribution is 0.271. The van der Waals surface area contributed by atoms with E-state index in [2.05, 4.69) is 76.0 Å². The van der Waals surface area contributed by atoms with Crippen molar-refractivity contribution >= 4 is 33.7 Å². The third-order valence-corrected chi connectivity index (χ3v) is 6.16. The van der Waals surface area contributed by atoms with Crippen LogP contribution >= 0.6 is 0 Å². The van der Waals surface area contributed by atoms with Crippen LogP contribution in [0.25, 0.3) is 21.8 Å². The van der Waals surface area contributed by atoms with Crippen molar-refractivity contribution in [3.8, 4) is 5.75 Å². The summed E-state index contributed by atoms with van der Waals surface area (Å²) < 4.78 is 7.90. The molecular formula is C26H28N4O. The lowest BCUT2D eigenvalue weighted by atomic mass is 10.1. The number of aryl methyl sites for hydroxylation is 1. The molecule has 0 unspecified atom stereocenters. The van der Waals surface area contributed by atoms with Gasteiger partial charge in [0.05, 0.1) is 32.1 Å². The largest absolute Gasteiger partial charge is 0.495 e. The maximum Gasteiger partial charge on any atom is 0.142 e. The molecule has 0 saturated carbocycles. The Labute approximate surface area is 183 Å². The summed E-state index contributed by atoms with van der Waals surface area (Å²) in [7, 11) is 1.73. The van der Waals surface area contributed by atoms with Crippen molar-refractivity contribution in [3.05, 3.63) is 72.3 Å². The van der Waals surface area contributed by atoms with Crippen LogP contribution in [0.2, 0.25) is 0 Å². The van der Waals surface area contributed by atoms with E-state index in [1.807, 2.05) is 18.3 Å². The van der Waals surface area contributed by atoms with Gasteiger partial charge in [0.2, 0.25) is 0 Å². The van der Waals surface area contributed by atoms with Crippen molar-refractivity contribution in [2.24, 2.45) is 5.10 Å². The summed E-state index contributed by atoms with van der Waals surface area (Å²) in [4.78, 5) is 2.37. The van der Waals surface area contributed by atoms with E-state index in [0.29, 0.717) is 0 Å². The summed E-state index contributed by atoms with van der Waals surface area (Å²) in [6, 6.07) is 23.5. The van der Waals surface area contributed by atoms with Crippen LogP contribution in [0.5, 0.6) is 5.75 Å². The summed E-state index contributed by atoms with van der Waals surface area (Å²) in [6.07, 6.45) is 2.00.